The maximum absolute atomic E-state index is 11.8. The average molecular weight is 394 g/mol. The summed E-state index contributed by atoms with van der Waals surface area (Å²) in [5, 5.41) is 43.3. The second kappa shape index (κ2) is 7.68. The summed E-state index contributed by atoms with van der Waals surface area (Å²) in [4.78, 5) is 51.2. The van der Waals surface area contributed by atoms with E-state index >= 15 is 0 Å². The van der Waals surface area contributed by atoms with Crippen molar-refractivity contribution in [2.75, 3.05) is 0 Å². The van der Waals surface area contributed by atoms with E-state index in [1.807, 2.05) is 0 Å². The first-order valence-electron chi connectivity index (χ1n) is 6.85. The van der Waals surface area contributed by atoms with E-state index in [0.29, 0.717) is 12.1 Å². The molecule has 0 heterocycles. The van der Waals surface area contributed by atoms with Crippen molar-refractivity contribution >= 4 is 28.9 Å². The lowest BCUT2D eigenvalue weighted by Gasteiger charge is -2.06. The minimum atomic E-state index is -1.64. The molecular formula is C13H6N4O11. The number of nitro groups is 4. The second-order valence-electron chi connectivity index (χ2n) is 4.79. The summed E-state index contributed by atoms with van der Waals surface area (Å²) in [6.07, 6.45) is -1.64. The number of carbonyl (C=O) groups is 1. The number of nitro benzene ring substituents is 4. The van der Waals surface area contributed by atoms with Crippen LogP contribution in [0.15, 0.2) is 36.4 Å². The molecule has 0 aliphatic rings. The molecule has 0 aromatic heterocycles. The fraction of sp³-hybridized carbons (Fsp3) is 0. The first-order chi connectivity index (χ1) is 13.1. The fourth-order valence-electron chi connectivity index (χ4n) is 1.90. The van der Waals surface area contributed by atoms with Gasteiger partial charge in [0.15, 0.2) is 0 Å². The Kier molecular flexibility index (Phi) is 5.39. The summed E-state index contributed by atoms with van der Waals surface area (Å²) < 4.78 is 9.15. The van der Waals surface area contributed by atoms with Crippen molar-refractivity contribution in [3.05, 3.63) is 76.9 Å². The zero-order chi connectivity index (χ0) is 21.0. The lowest BCUT2D eigenvalue weighted by Crippen LogP contribution is -2.15. The van der Waals surface area contributed by atoms with Crippen molar-refractivity contribution in [2.24, 2.45) is 0 Å². The van der Waals surface area contributed by atoms with Crippen LogP contribution in [-0.4, -0.2) is 25.8 Å². The monoisotopic (exact) mass is 394 g/mol. The number of carbonyl (C=O) groups excluding carboxylic acids is 1. The van der Waals surface area contributed by atoms with Gasteiger partial charge in [0.05, 0.1) is 31.8 Å². The molecule has 0 fully saturated rings. The molecule has 15 heteroatoms. The second-order valence-corrected chi connectivity index (χ2v) is 4.79. The molecule has 15 nitrogen and oxygen atoms in total. The normalized spacial score (nSPS) is 10.0. The Labute approximate surface area is 152 Å². The summed E-state index contributed by atoms with van der Waals surface area (Å²) in [5.41, 5.74) is -3.13. The van der Waals surface area contributed by atoms with E-state index in [1.165, 1.54) is 0 Å². The third-order valence-corrected chi connectivity index (χ3v) is 3.09. The van der Waals surface area contributed by atoms with Crippen LogP contribution in [-0.2, 0) is 0 Å². The largest absolute Gasteiger partial charge is 0.519 e. The molecule has 144 valence electrons. The van der Waals surface area contributed by atoms with Gasteiger partial charge in [0, 0.05) is 12.1 Å². The zero-order valence-corrected chi connectivity index (χ0v) is 13.2. The molecule has 0 radical (unpaired) electrons. The van der Waals surface area contributed by atoms with Gasteiger partial charge in [-0.2, -0.15) is 0 Å². The zero-order valence-electron chi connectivity index (χ0n) is 13.2. The molecule has 0 saturated heterocycles. The third kappa shape index (κ3) is 4.28. The molecule has 0 amide bonds. The van der Waals surface area contributed by atoms with Gasteiger partial charge >= 0.3 is 17.5 Å². The van der Waals surface area contributed by atoms with Crippen LogP contribution in [0.2, 0.25) is 0 Å². The molecule has 0 aliphatic heterocycles. The molecule has 0 aliphatic carbocycles. The lowest BCUT2D eigenvalue weighted by atomic mass is 10.2. The van der Waals surface area contributed by atoms with E-state index in [1.54, 1.807) is 0 Å². The Bertz CT molecular complexity index is 940. The minimum absolute atomic E-state index is 0.539. The summed E-state index contributed by atoms with van der Waals surface area (Å²) in [6.45, 7) is 0. The van der Waals surface area contributed by atoms with Crippen LogP contribution in [0.25, 0.3) is 0 Å². The van der Waals surface area contributed by atoms with Gasteiger partial charge in [0.1, 0.15) is 0 Å². The van der Waals surface area contributed by atoms with Crippen molar-refractivity contribution in [3.8, 4) is 11.5 Å². The molecule has 0 spiro atoms. The Morgan fingerprint density at radius 2 is 1.00 bits per heavy atom. The molecular weight excluding hydrogens is 388 g/mol. The van der Waals surface area contributed by atoms with E-state index in [4.69, 9.17) is 0 Å². The Morgan fingerprint density at radius 3 is 1.29 bits per heavy atom. The quantitative estimate of drug-likeness (QED) is 0.301. The lowest BCUT2D eigenvalue weighted by molar-refractivity contribution is -0.394. The van der Waals surface area contributed by atoms with Gasteiger partial charge in [-0.25, -0.2) is 4.79 Å². The van der Waals surface area contributed by atoms with Crippen molar-refractivity contribution in [1.82, 2.24) is 0 Å². The van der Waals surface area contributed by atoms with E-state index in [2.05, 4.69) is 9.47 Å². The SMILES string of the molecule is O=C(Oc1ccc([N+](=O)[O-])cc1[N+](=O)[O-])Oc1ccc([N+](=O)[O-])cc1[N+](=O)[O-]. The van der Waals surface area contributed by atoms with Crippen LogP contribution in [0.1, 0.15) is 0 Å². The van der Waals surface area contributed by atoms with Crippen LogP contribution in [0, 0.1) is 40.5 Å². The van der Waals surface area contributed by atoms with Crippen molar-refractivity contribution in [1.29, 1.82) is 0 Å². The molecule has 0 unspecified atom stereocenters. The summed E-state index contributed by atoms with van der Waals surface area (Å²) in [7, 11) is 0. The average Bonchev–Trinajstić information content (AvgIpc) is 2.61. The Morgan fingerprint density at radius 1 is 0.643 bits per heavy atom. The van der Waals surface area contributed by atoms with Crippen LogP contribution in [0.5, 0.6) is 11.5 Å². The number of nitrogens with zero attached hydrogens (tertiary/aromatic N) is 4. The molecule has 2 aromatic carbocycles. The third-order valence-electron chi connectivity index (χ3n) is 3.09. The highest BCUT2D eigenvalue weighted by atomic mass is 16.7. The molecule has 0 atom stereocenters. The number of benzene rings is 2. The Balaban J connectivity index is 2.30. The van der Waals surface area contributed by atoms with Gasteiger partial charge < -0.3 is 9.47 Å². The summed E-state index contributed by atoms with van der Waals surface area (Å²) >= 11 is 0. The molecule has 2 rings (SSSR count). The van der Waals surface area contributed by atoms with Gasteiger partial charge in [-0.15, -0.1) is 0 Å². The maximum atomic E-state index is 11.8. The predicted molar refractivity (Wildman–Crippen MR) is 86.2 cm³/mol. The van der Waals surface area contributed by atoms with Gasteiger partial charge in [-0.3, -0.25) is 40.5 Å². The van der Waals surface area contributed by atoms with E-state index in [0.717, 1.165) is 24.3 Å². The molecule has 0 bridgehead atoms. The topological polar surface area (TPSA) is 208 Å². The maximum Gasteiger partial charge on any atom is 0.519 e. The van der Waals surface area contributed by atoms with Crippen molar-refractivity contribution < 1.29 is 34.0 Å². The van der Waals surface area contributed by atoms with E-state index in [-0.39, 0.29) is 0 Å². The van der Waals surface area contributed by atoms with Crippen molar-refractivity contribution in [3.63, 3.8) is 0 Å². The fourth-order valence-corrected chi connectivity index (χ4v) is 1.90. The summed E-state index contributed by atoms with van der Waals surface area (Å²) in [6, 6.07) is 4.26. The smallest absolute Gasteiger partial charge is 0.387 e. The van der Waals surface area contributed by atoms with Gasteiger partial charge in [-0.1, -0.05) is 0 Å². The number of non-ortho nitro benzene ring substituents is 2. The van der Waals surface area contributed by atoms with Gasteiger partial charge in [0.25, 0.3) is 11.4 Å². The highest BCUT2D eigenvalue weighted by molar-refractivity contribution is 5.71. The van der Waals surface area contributed by atoms with E-state index < -0.39 is 60.1 Å². The van der Waals surface area contributed by atoms with Crippen LogP contribution in [0.3, 0.4) is 0 Å². The van der Waals surface area contributed by atoms with Crippen LogP contribution >= 0.6 is 0 Å². The number of hydrogen-bond acceptors (Lipinski definition) is 11. The Hall–Kier alpha value is -4.69. The predicted octanol–water partition coefficient (Wildman–Crippen LogP) is 2.90. The van der Waals surface area contributed by atoms with Crippen LogP contribution < -0.4 is 9.47 Å². The van der Waals surface area contributed by atoms with Gasteiger partial charge in [0.2, 0.25) is 11.5 Å². The summed E-state index contributed by atoms with van der Waals surface area (Å²) in [5.74, 6) is -1.43. The first-order valence-corrected chi connectivity index (χ1v) is 6.85. The molecule has 0 saturated carbocycles. The molecule has 0 N–H and O–H groups in total. The minimum Gasteiger partial charge on any atom is -0.387 e. The van der Waals surface area contributed by atoms with E-state index in [9.17, 15) is 45.3 Å². The highest BCUT2D eigenvalue weighted by Crippen LogP contribution is 2.33. The first kappa shape index (κ1) is 19.6. The van der Waals surface area contributed by atoms with Gasteiger partial charge in [-0.05, 0) is 12.1 Å². The van der Waals surface area contributed by atoms with Crippen molar-refractivity contribution in [2.45, 2.75) is 0 Å². The number of hydrogen-bond donors (Lipinski definition) is 0. The number of ether oxygens (including phenoxy) is 2. The van der Waals surface area contributed by atoms with Crippen LogP contribution in [0.4, 0.5) is 27.5 Å². The molecule has 28 heavy (non-hydrogen) atoms. The standard InChI is InChI=1S/C13H6N4O11/c18-13(27-11-3-1-7(14(19)20)5-9(11)16(23)24)28-12-4-2-8(15(21)22)6-10(12)17(25)26/h1-6H. The number of rotatable bonds is 6. The highest BCUT2D eigenvalue weighted by Gasteiger charge is 2.26. The molecule has 2 aromatic rings.